The molecule has 1 saturated heterocycles. The van der Waals surface area contributed by atoms with Gasteiger partial charge in [-0.05, 0) is 57.6 Å². The van der Waals surface area contributed by atoms with E-state index in [0.29, 0.717) is 42.5 Å². The first-order valence-corrected chi connectivity index (χ1v) is 11.5. The zero-order valence-corrected chi connectivity index (χ0v) is 18.8. The average molecular weight is 445 g/mol. The molecule has 1 aromatic carbocycles. The van der Waals surface area contributed by atoms with Gasteiger partial charge in [-0.3, -0.25) is 9.59 Å². The molecule has 0 unspecified atom stereocenters. The summed E-state index contributed by atoms with van der Waals surface area (Å²) < 4.78 is 5.30. The number of anilines is 1. The van der Waals surface area contributed by atoms with Crippen molar-refractivity contribution in [2.45, 2.75) is 30.2 Å². The fraction of sp³-hybridized carbons (Fsp3) is 0.381. The van der Waals surface area contributed by atoms with Gasteiger partial charge in [-0.15, -0.1) is 11.3 Å². The fourth-order valence-electron chi connectivity index (χ4n) is 3.58. The van der Waals surface area contributed by atoms with Crippen LogP contribution in [0.15, 0.2) is 34.2 Å². The molecule has 158 valence electrons. The van der Waals surface area contributed by atoms with E-state index in [-0.39, 0.29) is 11.5 Å². The third-order valence-corrected chi connectivity index (χ3v) is 7.69. The maximum Gasteiger partial charge on any atom is 0.266 e. The van der Waals surface area contributed by atoms with Crippen molar-refractivity contribution in [2.24, 2.45) is 0 Å². The summed E-state index contributed by atoms with van der Waals surface area (Å²) in [5.41, 5.74) is 1.04. The summed E-state index contributed by atoms with van der Waals surface area (Å²) in [7, 11) is 3.68. The van der Waals surface area contributed by atoms with Gasteiger partial charge in [0.2, 0.25) is 0 Å². The molecule has 9 heteroatoms. The van der Waals surface area contributed by atoms with Crippen LogP contribution in [-0.2, 0) is 0 Å². The van der Waals surface area contributed by atoms with Gasteiger partial charge in [-0.1, -0.05) is 23.9 Å². The maximum atomic E-state index is 12.9. The van der Waals surface area contributed by atoms with Gasteiger partial charge < -0.3 is 19.9 Å². The highest BCUT2D eigenvalue weighted by Gasteiger charge is 2.22. The normalized spacial score (nSPS) is 15.4. The Morgan fingerprint density at radius 2 is 2.07 bits per heavy atom. The van der Waals surface area contributed by atoms with Crippen LogP contribution >= 0.6 is 23.1 Å². The molecule has 0 spiro atoms. The standard InChI is InChI=1S/C21H24N4O3S2/c1-12-16-18(26)23-21(29-13-8-10-25(2)11-9-13)24-20(16)30-17(12)19(27)22-14-6-4-5-7-15(14)28-3/h4-7,13H,8-11H2,1-3H3,(H,22,27)(H,23,24,26). The number of methoxy groups -OCH3 is 1. The number of aromatic nitrogens is 2. The quantitative estimate of drug-likeness (QED) is 0.583. The van der Waals surface area contributed by atoms with Crippen LogP contribution in [0.5, 0.6) is 5.75 Å². The zero-order chi connectivity index (χ0) is 21.3. The molecule has 1 amide bonds. The molecule has 0 bridgehead atoms. The summed E-state index contributed by atoms with van der Waals surface area (Å²) in [4.78, 5) is 36.6. The van der Waals surface area contributed by atoms with E-state index in [1.807, 2.05) is 12.1 Å². The van der Waals surface area contributed by atoms with E-state index in [2.05, 4.69) is 27.2 Å². The molecule has 1 fully saturated rings. The number of amides is 1. The fourth-order valence-corrected chi connectivity index (χ4v) is 5.78. The molecule has 3 heterocycles. The van der Waals surface area contributed by atoms with E-state index in [1.54, 1.807) is 37.9 Å². The van der Waals surface area contributed by atoms with Crippen molar-refractivity contribution in [1.29, 1.82) is 0 Å². The second-order valence-corrected chi connectivity index (χ2v) is 9.67. The molecular formula is C21H24N4O3S2. The molecule has 4 rings (SSSR count). The number of fused-ring (bicyclic) bond motifs is 1. The number of ether oxygens (including phenoxy) is 1. The molecule has 0 aliphatic carbocycles. The van der Waals surface area contributed by atoms with Crippen molar-refractivity contribution in [3.63, 3.8) is 0 Å². The number of thiophene rings is 1. The molecule has 3 aromatic rings. The minimum Gasteiger partial charge on any atom is -0.495 e. The lowest BCUT2D eigenvalue weighted by atomic mass is 10.1. The van der Waals surface area contributed by atoms with Gasteiger partial charge in [-0.25, -0.2) is 4.98 Å². The number of hydrogen-bond acceptors (Lipinski definition) is 7. The van der Waals surface area contributed by atoms with Gasteiger partial charge in [0.15, 0.2) is 5.16 Å². The summed E-state index contributed by atoms with van der Waals surface area (Å²) in [6.07, 6.45) is 2.14. The molecule has 2 N–H and O–H groups in total. The molecule has 0 radical (unpaired) electrons. The number of carbonyl (C=O) groups excluding carboxylic acids is 1. The van der Waals surface area contributed by atoms with E-state index >= 15 is 0 Å². The first-order valence-electron chi connectivity index (χ1n) is 9.79. The van der Waals surface area contributed by atoms with Crippen molar-refractivity contribution >= 4 is 44.9 Å². The molecule has 30 heavy (non-hydrogen) atoms. The van der Waals surface area contributed by atoms with Crippen molar-refractivity contribution in [2.75, 3.05) is 32.6 Å². The first kappa shape index (κ1) is 20.9. The van der Waals surface area contributed by atoms with Gasteiger partial charge in [0.05, 0.1) is 23.1 Å². The molecule has 7 nitrogen and oxygen atoms in total. The van der Waals surface area contributed by atoms with Crippen molar-refractivity contribution in [3.05, 3.63) is 45.1 Å². The lowest BCUT2D eigenvalue weighted by Gasteiger charge is -2.27. The van der Waals surface area contributed by atoms with Crippen molar-refractivity contribution in [1.82, 2.24) is 14.9 Å². The van der Waals surface area contributed by atoms with Gasteiger partial charge in [0.25, 0.3) is 11.5 Å². The number of nitrogens with one attached hydrogen (secondary N) is 2. The Bertz CT molecular complexity index is 1130. The van der Waals surface area contributed by atoms with Gasteiger partial charge >= 0.3 is 0 Å². The number of thioether (sulfide) groups is 1. The Balaban J connectivity index is 1.60. The minimum absolute atomic E-state index is 0.194. The number of H-pyrrole nitrogens is 1. The number of likely N-dealkylation sites (tertiary alicyclic amines) is 1. The molecule has 0 saturated carbocycles. The molecule has 0 atom stereocenters. The topological polar surface area (TPSA) is 87.3 Å². The SMILES string of the molecule is COc1ccccc1NC(=O)c1sc2nc(SC3CCN(C)CC3)[nH]c(=O)c2c1C. The van der Waals surface area contributed by atoms with Crippen LogP contribution in [0, 0.1) is 6.92 Å². The van der Waals surface area contributed by atoms with E-state index in [4.69, 9.17) is 4.74 Å². The predicted molar refractivity (Wildman–Crippen MR) is 122 cm³/mol. The number of hydrogen-bond donors (Lipinski definition) is 2. The van der Waals surface area contributed by atoms with Gasteiger partial charge in [0.1, 0.15) is 10.6 Å². The monoisotopic (exact) mass is 444 g/mol. The Kier molecular flexibility index (Phi) is 6.12. The smallest absolute Gasteiger partial charge is 0.266 e. The Morgan fingerprint density at radius 1 is 1.33 bits per heavy atom. The Morgan fingerprint density at radius 3 is 2.80 bits per heavy atom. The average Bonchev–Trinajstić information content (AvgIpc) is 3.07. The highest BCUT2D eigenvalue weighted by molar-refractivity contribution is 7.99. The summed E-state index contributed by atoms with van der Waals surface area (Å²) in [6, 6.07) is 7.23. The summed E-state index contributed by atoms with van der Waals surface area (Å²) >= 11 is 2.87. The number of para-hydroxylation sites is 2. The minimum atomic E-state index is -0.274. The Labute approximate surface area is 182 Å². The highest BCUT2D eigenvalue weighted by Crippen LogP contribution is 2.32. The van der Waals surface area contributed by atoms with Crippen LogP contribution in [0.25, 0.3) is 10.2 Å². The summed E-state index contributed by atoms with van der Waals surface area (Å²) in [5.74, 6) is 0.307. The highest BCUT2D eigenvalue weighted by atomic mass is 32.2. The number of rotatable bonds is 5. The molecular weight excluding hydrogens is 420 g/mol. The zero-order valence-electron chi connectivity index (χ0n) is 17.2. The largest absolute Gasteiger partial charge is 0.495 e. The van der Waals surface area contributed by atoms with Crippen LogP contribution in [0.2, 0.25) is 0 Å². The van der Waals surface area contributed by atoms with Crippen LogP contribution < -0.4 is 15.6 Å². The van der Waals surface area contributed by atoms with Gasteiger partial charge in [0, 0.05) is 5.25 Å². The van der Waals surface area contributed by atoms with E-state index < -0.39 is 0 Å². The van der Waals surface area contributed by atoms with Crippen LogP contribution in [0.3, 0.4) is 0 Å². The number of aromatic amines is 1. The number of benzene rings is 1. The predicted octanol–water partition coefficient (Wildman–Crippen LogP) is 3.74. The van der Waals surface area contributed by atoms with Crippen LogP contribution in [0.1, 0.15) is 28.1 Å². The molecule has 2 aromatic heterocycles. The van der Waals surface area contributed by atoms with Crippen LogP contribution in [0.4, 0.5) is 5.69 Å². The number of aryl methyl sites for hydroxylation is 1. The van der Waals surface area contributed by atoms with Crippen LogP contribution in [-0.4, -0.2) is 53.3 Å². The number of piperidine rings is 1. The second-order valence-electron chi connectivity index (χ2n) is 7.38. The molecule has 1 aliphatic heterocycles. The maximum absolute atomic E-state index is 12.9. The third kappa shape index (κ3) is 4.23. The third-order valence-electron chi connectivity index (χ3n) is 5.28. The summed E-state index contributed by atoms with van der Waals surface area (Å²) in [6.45, 7) is 3.89. The first-order chi connectivity index (χ1) is 14.5. The lowest BCUT2D eigenvalue weighted by molar-refractivity contribution is 0.102. The Hall–Kier alpha value is -2.36. The lowest BCUT2D eigenvalue weighted by Crippen LogP contribution is -2.31. The van der Waals surface area contributed by atoms with Crippen molar-refractivity contribution in [3.8, 4) is 5.75 Å². The van der Waals surface area contributed by atoms with Crippen molar-refractivity contribution < 1.29 is 9.53 Å². The van der Waals surface area contributed by atoms with E-state index in [9.17, 15) is 9.59 Å². The van der Waals surface area contributed by atoms with E-state index in [0.717, 1.165) is 25.9 Å². The van der Waals surface area contributed by atoms with Gasteiger partial charge in [-0.2, -0.15) is 0 Å². The van der Waals surface area contributed by atoms with E-state index in [1.165, 1.54) is 11.3 Å². The number of nitrogens with zero attached hydrogens (tertiary/aromatic N) is 2. The second kappa shape index (κ2) is 8.79. The summed E-state index contributed by atoms with van der Waals surface area (Å²) in [5, 5.41) is 4.43. The molecule has 1 aliphatic rings. The number of carbonyl (C=O) groups is 1.